The summed E-state index contributed by atoms with van der Waals surface area (Å²) < 4.78 is 0. The molecule has 6 heteroatoms. The van der Waals surface area contributed by atoms with Crippen LogP contribution in [-0.2, 0) is 14.4 Å². The maximum absolute atomic E-state index is 13.0. The third kappa shape index (κ3) is 3.16. The van der Waals surface area contributed by atoms with E-state index >= 15 is 0 Å². The molecule has 0 aromatic heterocycles. The molecule has 0 spiro atoms. The monoisotopic (exact) mass is 358 g/mol. The predicted molar refractivity (Wildman–Crippen MR) is 98.0 cm³/mol. The lowest BCUT2D eigenvalue weighted by atomic mass is 9.71. The van der Waals surface area contributed by atoms with Crippen LogP contribution < -0.4 is 0 Å². The zero-order chi connectivity index (χ0) is 20.2. The largest absolute Gasteiger partial charge is 0.333 e. The number of amides is 4. The molecule has 1 saturated heterocycles. The minimum absolute atomic E-state index is 0.0895. The minimum atomic E-state index is -0.746. The zero-order valence-electron chi connectivity index (χ0n) is 16.7. The number of imide groups is 2. The number of allylic oxidation sites excluding steroid dienone is 5. The van der Waals surface area contributed by atoms with Crippen LogP contribution in [0.1, 0.15) is 41.5 Å². The van der Waals surface area contributed by atoms with Crippen molar-refractivity contribution in [3.8, 4) is 0 Å². The number of hydrogen-bond acceptors (Lipinski definition) is 4. The van der Waals surface area contributed by atoms with Crippen molar-refractivity contribution in [2.45, 2.75) is 41.5 Å². The van der Waals surface area contributed by atoms with Gasteiger partial charge in [-0.3, -0.25) is 24.2 Å². The molecule has 0 aromatic rings. The number of nitrogens with zero attached hydrogens (tertiary/aromatic N) is 2. The second-order valence-corrected chi connectivity index (χ2v) is 8.78. The van der Waals surface area contributed by atoms with E-state index in [1.54, 1.807) is 0 Å². The first kappa shape index (κ1) is 19.8. The van der Waals surface area contributed by atoms with E-state index < -0.39 is 23.3 Å². The summed E-state index contributed by atoms with van der Waals surface area (Å²) in [5.41, 5.74) is 0.582. The number of ketones is 1. The van der Waals surface area contributed by atoms with Crippen molar-refractivity contribution in [3.63, 3.8) is 0 Å². The van der Waals surface area contributed by atoms with Crippen LogP contribution >= 0.6 is 0 Å². The molecule has 0 aromatic carbocycles. The van der Waals surface area contributed by atoms with E-state index in [4.69, 9.17) is 0 Å². The topological polar surface area (TPSA) is 74.8 Å². The van der Waals surface area contributed by atoms with Gasteiger partial charge in [0, 0.05) is 19.7 Å². The average molecular weight is 358 g/mol. The van der Waals surface area contributed by atoms with Crippen molar-refractivity contribution in [2.75, 3.05) is 14.1 Å². The molecule has 0 atom stereocenters. The molecule has 1 fully saturated rings. The van der Waals surface area contributed by atoms with Gasteiger partial charge in [0.05, 0.1) is 0 Å². The molecular weight excluding hydrogens is 332 g/mol. The van der Waals surface area contributed by atoms with Gasteiger partial charge in [-0.15, -0.1) is 0 Å². The predicted octanol–water partition coefficient (Wildman–Crippen LogP) is 2.86. The molecular formula is C20H26N2O4. The lowest BCUT2D eigenvalue weighted by Gasteiger charge is -2.35. The maximum atomic E-state index is 13.0. The number of carbonyl (C=O) groups is 4. The Morgan fingerprint density at radius 2 is 1.15 bits per heavy atom. The zero-order valence-corrected chi connectivity index (χ0v) is 16.7. The van der Waals surface area contributed by atoms with Gasteiger partial charge in [0.25, 0.3) is 11.8 Å². The summed E-state index contributed by atoms with van der Waals surface area (Å²) in [7, 11) is 2.61. The fraction of sp³-hybridized carbons (Fsp3) is 0.500. The van der Waals surface area contributed by atoms with E-state index in [1.165, 1.54) is 20.2 Å². The number of likely N-dealkylation sites (N-methyl/N-ethyl adjacent to an activating group) is 2. The standard InChI is InChI=1S/C20H26N2O4/c1-19(2,3)11-9-12(20(4,5)6)14(13(23)10-11)15-16(24)21(7)18(26)22(8)17(15)25/h9-10H,1-8H3. The highest BCUT2D eigenvalue weighted by molar-refractivity contribution is 6.33. The molecule has 26 heavy (non-hydrogen) atoms. The molecule has 1 aliphatic carbocycles. The van der Waals surface area contributed by atoms with Crippen LogP contribution in [0.2, 0.25) is 0 Å². The summed E-state index contributed by atoms with van der Waals surface area (Å²) in [4.78, 5) is 52.1. The molecule has 0 bridgehead atoms. The Kier molecular flexibility index (Phi) is 4.60. The van der Waals surface area contributed by atoms with Crippen molar-refractivity contribution >= 4 is 23.6 Å². The Morgan fingerprint density at radius 3 is 1.54 bits per heavy atom. The SMILES string of the molecule is CN1C(=O)C(=C2C(=O)C=C(C(C)(C)C)C=C2C(C)(C)C)C(=O)N(C)C1=O. The maximum Gasteiger partial charge on any atom is 0.333 e. The van der Waals surface area contributed by atoms with E-state index in [2.05, 4.69) is 0 Å². The summed E-state index contributed by atoms with van der Waals surface area (Å²) in [5.74, 6) is -1.87. The van der Waals surface area contributed by atoms with Crippen LogP contribution in [0.15, 0.2) is 34.4 Å². The average Bonchev–Trinajstić information content (AvgIpc) is 2.50. The summed E-state index contributed by atoms with van der Waals surface area (Å²) in [5, 5.41) is 0. The Labute approximate surface area is 154 Å². The molecule has 0 N–H and O–H groups in total. The normalized spacial score (nSPS) is 20.0. The Hall–Kier alpha value is -2.50. The van der Waals surface area contributed by atoms with E-state index in [9.17, 15) is 19.2 Å². The fourth-order valence-corrected chi connectivity index (χ4v) is 2.94. The first-order valence-corrected chi connectivity index (χ1v) is 8.51. The van der Waals surface area contributed by atoms with Crippen molar-refractivity contribution in [3.05, 3.63) is 34.4 Å². The lowest BCUT2D eigenvalue weighted by molar-refractivity contribution is -0.134. The minimum Gasteiger partial charge on any atom is -0.289 e. The van der Waals surface area contributed by atoms with Gasteiger partial charge in [0.2, 0.25) is 0 Å². The quantitative estimate of drug-likeness (QED) is 0.493. The molecule has 1 heterocycles. The smallest absolute Gasteiger partial charge is 0.289 e. The molecule has 6 nitrogen and oxygen atoms in total. The summed E-state index contributed by atoms with van der Waals surface area (Å²) in [6, 6.07) is -0.709. The van der Waals surface area contributed by atoms with E-state index in [0.29, 0.717) is 5.57 Å². The number of barbiturate groups is 1. The molecule has 0 unspecified atom stereocenters. The van der Waals surface area contributed by atoms with Crippen LogP contribution in [0.3, 0.4) is 0 Å². The number of hydrogen-bond donors (Lipinski definition) is 0. The van der Waals surface area contributed by atoms with Crippen LogP contribution in [0, 0.1) is 10.8 Å². The Balaban J connectivity index is 2.81. The van der Waals surface area contributed by atoms with Crippen LogP contribution in [0.4, 0.5) is 4.79 Å². The van der Waals surface area contributed by atoms with E-state index in [-0.39, 0.29) is 22.3 Å². The second kappa shape index (κ2) is 6.04. The summed E-state index contributed by atoms with van der Waals surface area (Å²) >= 11 is 0. The summed E-state index contributed by atoms with van der Waals surface area (Å²) in [6.45, 7) is 11.8. The van der Waals surface area contributed by atoms with Gasteiger partial charge in [-0.25, -0.2) is 4.79 Å². The number of urea groups is 1. The molecule has 1 aliphatic heterocycles. The van der Waals surface area contributed by atoms with Crippen LogP contribution in [-0.4, -0.2) is 47.5 Å². The third-order valence-electron chi connectivity index (χ3n) is 4.64. The number of rotatable bonds is 0. The molecule has 4 amide bonds. The van der Waals surface area contributed by atoms with Crippen LogP contribution in [0.25, 0.3) is 0 Å². The molecule has 0 saturated carbocycles. The highest BCUT2D eigenvalue weighted by Gasteiger charge is 2.43. The fourth-order valence-electron chi connectivity index (χ4n) is 2.94. The highest BCUT2D eigenvalue weighted by atomic mass is 16.2. The molecule has 140 valence electrons. The van der Waals surface area contributed by atoms with Crippen molar-refractivity contribution in [2.24, 2.45) is 10.8 Å². The van der Waals surface area contributed by atoms with Crippen LogP contribution in [0.5, 0.6) is 0 Å². The number of carbonyl (C=O) groups excluding carboxylic acids is 4. The molecule has 0 radical (unpaired) electrons. The van der Waals surface area contributed by atoms with E-state index in [1.807, 2.05) is 47.6 Å². The first-order chi connectivity index (χ1) is 11.7. The van der Waals surface area contributed by atoms with E-state index in [0.717, 1.165) is 15.4 Å². The highest BCUT2D eigenvalue weighted by Crippen LogP contribution is 2.41. The van der Waals surface area contributed by atoms with Crippen molar-refractivity contribution in [1.29, 1.82) is 0 Å². The van der Waals surface area contributed by atoms with Gasteiger partial charge in [0.1, 0.15) is 5.57 Å². The van der Waals surface area contributed by atoms with Crippen molar-refractivity contribution < 1.29 is 19.2 Å². The van der Waals surface area contributed by atoms with Gasteiger partial charge in [-0.2, -0.15) is 0 Å². The molecule has 2 rings (SSSR count). The summed E-state index contributed by atoms with van der Waals surface area (Å²) in [6.07, 6.45) is 3.37. The third-order valence-corrected chi connectivity index (χ3v) is 4.64. The first-order valence-electron chi connectivity index (χ1n) is 8.51. The van der Waals surface area contributed by atoms with Gasteiger partial charge in [-0.1, -0.05) is 47.6 Å². The van der Waals surface area contributed by atoms with Gasteiger partial charge in [-0.05, 0) is 28.1 Å². The second-order valence-electron chi connectivity index (χ2n) is 8.78. The molecule has 2 aliphatic rings. The Bertz CT molecular complexity index is 788. The van der Waals surface area contributed by atoms with Gasteiger partial charge >= 0.3 is 6.03 Å². The van der Waals surface area contributed by atoms with Gasteiger partial charge < -0.3 is 0 Å². The van der Waals surface area contributed by atoms with Crippen molar-refractivity contribution in [1.82, 2.24) is 9.80 Å². The van der Waals surface area contributed by atoms with Gasteiger partial charge in [0.15, 0.2) is 5.78 Å². The lowest BCUT2D eigenvalue weighted by Crippen LogP contribution is -2.54. The Morgan fingerprint density at radius 1 is 0.692 bits per heavy atom.